The van der Waals surface area contributed by atoms with E-state index < -0.39 is 12.1 Å². The molecule has 2 saturated heterocycles. The minimum absolute atomic E-state index is 0.0696. The molecule has 2 aliphatic heterocycles. The molecule has 8 atom stereocenters. The van der Waals surface area contributed by atoms with Gasteiger partial charge in [-0.2, -0.15) is 0 Å². The van der Waals surface area contributed by atoms with E-state index in [1.807, 2.05) is 48.5 Å². The third-order valence-corrected chi connectivity index (χ3v) is 11.8. The molecule has 250 valence electrons. The van der Waals surface area contributed by atoms with Crippen LogP contribution >= 0.6 is 0 Å². The summed E-state index contributed by atoms with van der Waals surface area (Å²) in [6.07, 6.45) is 16.7. The monoisotopic (exact) mass is 698 g/mol. The normalized spacial score (nSPS) is 28.5. The Kier molecular flexibility index (Phi) is 14.4. The van der Waals surface area contributed by atoms with Gasteiger partial charge in [0.05, 0.1) is 0 Å². The van der Waals surface area contributed by atoms with E-state index in [1.165, 1.54) is 5.56 Å². The molecule has 46 heavy (non-hydrogen) atoms. The van der Waals surface area contributed by atoms with E-state index in [1.54, 1.807) is 0 Å². The van der Waals surface area contributed by atoms with Crippen LogP contribution in [0.5, 0.6) is 0 Å². The first-order chi connectivity index (χ1) is 22.5. The number of hydrogen-bond acceptors (Lipinski definition) is 6. The molecule has 5 rings (SSSR count). The fourth-order valence-corrected chi connectivity index (χ4v) is 8.73. The van der Waals surface area contributed by atoms with Crippen LogP contribution in [-0.4, -0.2) is 75.2 Å². The van der Waals surface area contributed by atoms with Crippen molar-refractivity contribution in [1.29, 1.82) is 0 Å². The van der Waals surface area contributed by atoms with Crippen molar-refractivity contribution in [2.24, 2.45) is 11.8 Å². The molecule has 0 aromatic heterocycles. The number of hydrogen-bond donors (Lipinski definition) is 2. The molecular weight excluding hydrogens is 647 g/mol. The molecule has 3 aliphatic rings. The Balaban J connectivity index is 1.25. The molecule has 0 spiro atoms. The zero-order valence-corrected chi connectivity index (χ0v) is 28.5. The van der Waals surface area contributed by atoms with Crippen LogP contribution in [0, 0.1) is 11.8 Å². The average Bonchev–Trinajstić information content (AvgIpc) is 3.37. The Labute approximate surface area is 280 Å². The maximum atomic E-state index is 12.0. The number of aliphatic hydroxyl groups excluding tert-OH is 1. The van der Waals surface area contributed by atoms with Gasteiger partial charge in [-0.15, -0.1) is 0 Å². The standard InChI is InChI=1S/C38H50O7Se/c39-33-27-34(45-37-21-11-13-25-43-37)32(18-8-3-9-19-35(38(40)41)46-30-16-6-2-7-17-30)31(33)23-22-29(26-28-14-4-1-5-15-28)44-36-20-10-12-24-42-36/h1-8,14-17,22-23,29,31-37,39H,9-13,18-21,24-27H2,(H,40,41)/b8-3-,23-22+/t29-,31-,32-,33-,34+,35?,36?,37?/m1/s1. The number of benzene rings is 2. The van der Waals surface area contributed by atoms with Gasteiger partial charge in [0.25, 0.3) is 0 Å². The molecule has 2 aromatic carbocycles. The first-order valence-corrected chi connectivity index (χ1v) is 18.9. The third kappa shape index (κ3) is 11.2. The van der Waals surface area contributed by atoms with Crippen molar-refractivity contribution < 1.29 is 34.0 Å². The second-order valence-electron chi connectivity index (χ2n) is 12.6. The summed E-state index contributed by atoms with van der Waals surface area (Å²) in [5.74, 6) is -0.756. The van der Waals surface area contributed by atoms with Gasteiger partial charge in [0.15, 0.2) is 6.29 Å². The number of carbonyl (C=O) groups is 1. The van der Waals surface area contributed by atoms with Gasteiger partial charge in [0.1, 0.15) is 0 Å². The van der Waals surface area contributed by atoms with Gasteiger partial charge in [0, 0.05) is 6.61 Å². The second-order valence-corrected chi connectivity index (χ2v) is 15.3. The van der Waals surface area contributed by atoms with Crippen molar-refractivity contribution >= 4 is 25.4 Å². The van der Waals surface area contributed by atoms with Crippen LogP contribution in [-0.2, 0) is 30.2 Å². The van der Waals surface area contributed by atoms with E-state index in [-0.39, 0.29) is 56.4 Å². The molecule has 8 heteroatoms. The zero-order valence-electron chi connectivity index (χ0n) is 26.7. The van der Waals surface area contributed by atoms with Crippen molar-refractivity contribution in [3.63, 3.8) is 0 Å². The van der Waals surface area contributed by atoms with E-state index in [0.29, 0.717) is 25.9 Å². The van der Waals surface area contributed by atoms with Crippen molar-refractivity contribution in [2.75, 3.05) is 13.2 Å². The minimum atomic E-state index is -0.729. The Hall–Kier alpha value is -2.29. The van der Waals surface area contributed by atoms with Crippen LogP contribution < -0.4 is 4.46 Å². The second kappa shape index (κ2) is 18.9. The van der Waals surface area contributed by atoms with Crippen LogP contribution in [0.4, 0.5) is 0 Å². The summed E-state index contributed by atoms with van der Waals surface area (Å²) >= 11 is -0.119. The molecule has 2 heterocycles. The summed E-state index contributed by atoms with van der Waals surface area (Å²) in [6, 6.07) is 20.3. The van der Waals surface area contributed by atoms with Gasteiger partial charge in [-0.3, -0.25) is 0 Å². The number of carboxylic acids is 1. The number of aliphatic hydroxyl groups is 1. The number of carboxylic acid groups (broad SMARTS) is 1. The molecule has 2 aromatic rings. The predicted octanol–water partition coefficient (Wildman–Crippen LogP) is 6.24. The Morgan fingerprint density at radius 2 is 1.63 bits per heavy atom. The van der Waals surface area contributed by atoms with E-state index in [9.17, 15) is 15.0 Å². The summed E-state index contributed by atoms with van der Waals surface area (Å²) in [5.41, 5.74) is 1.20. The topological polar surface area (TPSA) is 94.5 Å². The fourth-order valence-electron chi connectivity index (χ4n) is 6.64. The molecular formula is C38H50O7Se. The molecule has 2 N–H and O–H groups in total. The van der Waals surface area contributed by atoms with Gasteiger partial charge in [0.2, 0.25) is 0 Å². The van der Waals surface area contributed by atoms with Crippen LogP contribution in [0.15, 0.2) is 85.0 Å². The van der Waals surface area contributed by atoms with Gasteiger partial charge < -0.3 is 4.74 Å². The van der Waals surface area contributed by atoms with Crippen LogP contribution in [0.25, 0.3) is 0 Å². The summed E-state index contributed by atoms with van der Waals surface area (Å²) < 4.78 is 25.9. The molecule has 3 unspecified atom stereocenters. The first-order valence-electron chi connectivity index (χ1n) is 17.1. The summed E-state index contributed by atoms with van der Waals surface area (Å²) in [5, 5.41) is 21.2. The van der Waals surface area contributed by atoms with Crippen molar-refractivity contribution in [1.82, 2.24) is 0 Å². The van der Waals surface area contributed by atoms with E-state index >= 15 is 0 Å². The molecule has 1 saturated carbocycles. The number of aliphatic carboxylic acids is 1. The number of allylic oxidation sites excluding steroid dienone is 2. The number of ether oxygens (including phenoxy) is 4. The molecule has 0 bridgehead atoms. The molecule has 0 amide bonds. The first kappa shape index (κ1) is 35.0. The van der Waals surface area contributed by atoms with Crippen molar-refractivity contribution in [2.45, 2.75) is 106 Å². The molecule has 7 nitrogen and oxygen atoms in total. The summed E-state index contributed by atoms with van der Waals surface area (Å²) in [7, 11) is 0. The molecule has 1 aliphatic carbocycles. The Morgan fingerprint density at radius 1 is 0.935 bits per heavy atom. The van der Waals surface area contributed by atoms with Crippen molar-refractivity contribution in [3.8, 4) is 0 Å². The van der Waals surface area contributed by atoms with Gasteiger partial charge in [-0.25, -0.2) is 0 Å². The van der Waals surface area contributed by atoms with Gasteiger partial charge in [-0.1, -0.05) is 30.3 Å². The average molecular weight is 698 g/mol. The van der Waals surface area contributed by atoms with Crippen LogP contribution in [0.3, 0.4) is 0 Å². The summed E-state index contributed by atoms with van der Waals surface area (Å²) in [6.45, 7) is 1.44. The van der Waals surface area contributed by atoms with Gasteiger partial charge in [-0.05, 0) is 31.2 Å². The van der Waals surface area contributed by atoms with E-state index in [4.69, 9.17) is 18.9 Å². The SMILES string of the molecule is O=C(O)C(CC/C=C\C[C@@H]1[C@@H](/C=C/[C@H](Cc2ccccc2)OC2CCCCO2)[C@H](O)C[C@@H]1OC1CCCCO1)[Se]c1ccccc1. The van der Waals surface area contributed by atoms with Gasteiger partial charge >= 0.3 is 202 Å². The fraction of sp³-hybridized carbons (Fsp3) is 0.553. The Bertz CT molecular complexity index is 1210. The maximum absolute atomic E-state index is 12.0. The van der Waals surface area contributed by atoms with E-state index in [0.717, 1.165) is 62.4 Å². The molecule has 3 fully saturated rings. The summed E-state index contributed by atoms with van der Waals surface area (Å²) in [4.78, 5) is 11.6. The Morgan fingerprint density at radius 3 is 2.30 bits per heavy atom. The van der Waals surface area contributed by atoms with Crippen LogP contribution in [0.1, 0.15) is 69.8 Å². The zero-order chi connectivity index (χ0) is 32.0. The predicted molar refractivity (Wildman–Crippen MR) is 180 cm³/mol. The van der Waals surface area contributed by atoms with E-state index in [2.05, 4.69) is 36.4 Å². The molecule has 0 radical (unpaired) electrons. The van der Waals surface area contributed by atoms with Crippen LogP contribution in [0.2, 0.25) is 4.82 Å². The quantitative estimate of drug-likeness (QED) is 0.159. The number of rotatable bonds is 16. The third-order valence-electron chi connectivity index (χ3n) is 9.11. The van der Waals surface area contributed by atoms with Crippen molar-refractivity contribution in [3.05, 3.63) is 90.5 Å².